The number of carbonyl (C=O) groups excluding carboxylic acids is 1. The third-order valence-corrected chi connectivity index (χ3v) is 4.74. The second kappa shape index (κ2) is 8.11. The molecule has 1 aliphatic rings. The number of amides is 1. The van der Waals surface area contributed by atoms with Crippen LogP contribution in [-0.4, -0.2) is 48.4 Å². The lowest BCUT2D eigenvalue weighted by Gasteiger charge is -2.34. The molecule has 0 aromatic heterocycles. The normalized spacial score (nSPS) is 16.1. The van der Waals surface area contributed by atoms with Crippen LogP contribution in [0.5, 0.6) is 0 Å². The van der Waals surface area contributed by atoms with Gasteiger partial charge in [0.1, 0.15) is 0 Å². The second-order valence-electron chi connectivity index (χ2n) is 6.42. The molecule has 2 aromatic rings. The third-order valence-electron chi connectivity index (χ3n) is 4.74. The van der Waals surface area contributed by atoms with Gasteiger partial charge in [0.15, 0.2) is 0 Å². The van der Waals surface area contributed by atoms with E-state index in [0.29, 0.717) is 0 Å². The van der Waals surface area contributed by atoms with E-state index in [1.807, 2.05) is 29.2 Å². The summed E-state index contributed by atoms with van der Waals surface area (Å²) in [4.78, 5) is 16.9. The highest BCUT2D eigenvalue weighted by atomic mass is 16.2. The van der Waals surface area contributed by atoms with Gasteiger partial charge in [-0.25, -0.2) is 0 Å². The molecule has 3 heteroatoms. The van der Waals surface area contributed by atoms with E-state index in [1.54, 1.807) is 6.08 Å². The summed E-state index contributed by atoms with van der Waals surface area (Å²) in [5, 5.41) is 2.39. The minimum Gasteiger partial charge on any atom is -0.337 e. The Kier molecular flexibility index (Phi) is 5.65. The molecule has 1 heterocycles. The van der Waals surface area contributed by atoms with Gasteiger partial charge in [0.05, 0.1) is 0 Å². The van der Waals surface area contributed by atoms with E-state index in [4.69, 9.17) is 0 Å². The van der Waals surface area contributed by atoms with Crippen LogP contribution in [-0.2, 0) is 4.79 Å². The molecule has 3 nitrogen and oxygen atoms in total. The molecular weight excluding hydrogens is 296 g/mol. The van der Waals surface area contributed by atoms with Crippen LogP contribution in [0.2, 0.25) is 0 Å². The Bertz CT molecular complexity index is 709. The first-order valence-corrected chi connectivity index (χ1v) is 8.95. The largest absolute Gasteiger partial charge is 0.337 e. The summed E-state index contributed by atoms with van der Waals surface area (Å²) in [6.07, 6.45) is 6.15. The van der Waals surface area contributed by atoms with Gasteiger partial charge in [-0.05, 0) is 35.4 Å². The summed E-state index contributed by atoms with van der Waals surface area (Å²) >= 11 is 0. The van der Waals surface area contributed by atoms with Gasteiger partial charge >= 0.3 is 0 Å². The average Bonchev–Trinajstić information content (AvgIpc) is 2.64. The van der Waals surface area contributed by atoms with Crippen LogP contribution in [0, 0.1) is 0 Å². The maximum atomic E-state index is 12.4. The SMILES string of the molecule is CCCCN1CCN(C(=O)C=Cc2cccc3ccccc23)CC1. The van der Waals surface area contributed by atoms with E-state index in [1.165, 1.54) is 23.6 Å². The first-order chi connectivity index (χ1) is 11.8. The second-order valence-corrected chi connectivity index (χ2v) is 6.42. The molecule has 0 aliphatic carbocycles. The Morgan fingerprint density at radius 1 is 1.04 bits per heavy atom. The van der Waals surface area contributed by atoms with Crippen LogP contribution < -0.4 is 0 Å². The highest BCUT2D eigenvalue weighted by molar-refractivity contribution is 5.96. The van der Waals surface area contributed by atoms with Crippen molar-refractivity contribution in [3.8, 4) is 0 Å². The number of nitrogens with zero attached hydrogens (tertiary/aromatic N) is 2. The minimum absolute atomic E-state index is 0.123. The molecule has 1 amide bonds. The fraction of sp³-hybridized carbons (Fsp3) is 0.381. The molecule has 2 aromatic carbocycles. The smallest absolute Gasteiger partial charge is 0.246 e. The molecule has 1 fully saturated rings. The van der Waals surface area contributed by atoms with Crippen LogP contribution in [0.25, 0.3) is 16.8 Å². The molecule has 24 heavy (non-hydrogen) atoms. The lowest BCUT2D eigenvalue weighted by atomic mass is 10.0. The number of benzene rings is 2. The van der Waals surface area contributed by atoms with Crippen LogP contribution in [0.15, 0.2) is 48.5 Å². The topological polar surface area (TPSA) is 23.6 Å². The van der Waals surface area contributed by atoms with Gasteiger partial charge in [0.2, 0.25) is 5.91 Å². The standard InChI is InChI=1S/C21H26N2O/c1-2-3-13-22-14-16-23(17-15-22)21(24)12-11-19-9-6-8-18-7-4-5-10-20(18)19/h4-12H,2-3,13-17H2,1H3. The zero-order valence-corrected chi connectivity index (χ0v) is 14.4. The zero-order valence-electron chi connectivity index (χ0n) is 14.4. The quantitative estimate of drug-likeness (QED) is 0.782. The fourth-order valence-electron chi connectivity index (χ4n) is 3.24. The zero-order chi connectivity index (χ0) is 16.8. The van der Waals surface area contributed by atoms with E-state index in [9.17, 15) is 4.79 Å². The van der Waals surface area contributed by atoms with E-state index in [-0.39, 0.29) is 5.91 Å². The number of piperazine rings is 1. The first kappa shape index (κ1) is 16.7. The number of carbonyl (C=O) groups is 1. The molecule has 0 spiro atoms. The fourth-order valence-corrected chi connectivity index (χ4v) is 3.24. The van der Waals surface area contributed by atoms with E-state index in [2.05, 4.69) is 36.1 Å². The molecule has 126 valence electrons. The highest BCUT2D eigenvalue weighted by Crippen LogP contribution is 2.19. The number of fused-ring (bicyclic) bond motifs is 1. The summed E-state index contributed by atoms with van der Waals surface area (Å²) in [6, 6.07) is 14.5. The van der Waals surface area contributed by atoms with Gasteiger partial charge in [-0.1, -0.05) is 55.8 Å². The third kappa shape index (κ3) is 4.04. The van der Waals surface area contributed by atoms with Crippen molar-refractivity contribution in [3.05, 3.63) is 54.1 Å². The van der Waals surface area contributed by atoms with Crippen molar-refractivity contribution >= 4 is 22.8 Å². The van der Waals surface area contributed by atoms with Crippen molar-refractivity contribution in [1.29, 1.82) is 0 Å². The van der Waals surface area contributed by atoms with E-state index >= 15 is 0 Å². The van der Waals surface area contributed by atoms with Crippen molar-refractivity contribution in [2.75, 3.05) is 32.7 Å². The van der Waals surface area contributed by atoms with Gasteiger partial charge in [-0.3, -0.25) is 9.69 Å². The number of hydrogen-bond donors (Lipinski definition) is 0. The Hall–Kier alpha value is -2.13. The minimum atomic E-state index is 0.123. The summed E-state index contributed by atoms with van der Waals surface area (Å²) in [5.74, 6) is 0.123. The number of unbranched alkanes of at least 4 members (excludes halogenated alkanes) is 1. The van der Waals surface area contributed by atoms with Gasteiger partial charge in [0.25, 0.3) is 0 Å². The van der Waals surface area contributed by atoms with Crippen molar-refractivity contribution in [3.63, 3.8) is 0 Å². The molecule has 0 bridgehead atoms. The molecule has 1 aliphatic heterocycles. The van der Waals surface area contributed by atoms with E-state index in [0.717, 1.165) is 38.3 Å². The Balaban J connectivity index is 1.61. The van der Waals surface area contributed by atoms with Crippen molar-refractivity contribution in [1.82, 2.24) is 9.80 Å². The maximum absolute atomic E-state index is 12.4. The molecule has 0 saturated carbocycles. The first-order valence-electron chi connectivity index (χ1n) is 8.95. The molecule has 1 saturated heterocycles. The summed E-state index contributed by atoms with van der Waals surface area (Å²) in [6.45, 7) is 7.04. The number of hydrogen-bond acceptors (Lipinski definition) is 2. The van der Waals surface area contributed by atoms with Gasteiger partial charge in [-0.15, -0.1) is 0 Å². The number of rotatable bonds is 5. The highest BCUT2D eigenvalue weighted by Gasteiger charge is 2.18. The maximum Gasteiger partial charge on any atom is 0.246 e. The van der Waals surface area contributed by atoms with Crippen LogP contribution in [0.4, 0.5) is 0 Å². The van der Waals surface area contributed by atoms with Gasteiger partial charge in [-0.2, -0.15) is 0 Å². The summed E-state index contributed by atoms with van der Waals surface area (Å²) in [7, 11) is 0. The molecular formula is C21H26N2O. The van der Waals surface area contributed by atoms with Gasteiger partial charge < -0.3 is 4.90 Å². The predicted molar refractivity (Wildman–Crippen MR) is 101 cm³/mol. The van der Waals surface area contributed by atoms with Crippen molar-refractivity contribution in [2.24, 2.45) is 0 Å². The lowest BCUT2D eigenvalue weighted by molar-refractivity contribution is -0.127. The van der Waals surface area contributed by atoms with Crippen molar-refractivity contribution < 1.29 is 4.79 Å². The molecule has 0 unspecified atom stereocenters. The van der Waals surface area contributed by atoms with Crippen LogP contribution >= 0.6 is 0 Å². The lowest BCUT2D eigenvalue weighted by Crippen LogP contribution is -2.48. The van der Waals surface area contributed by atoms with Crippen LogP contribution in [0.3, 0.4) is 0 Å². The van der Waals surface area contributed by atoms with Gasteiger partial charge in [0, 0.05) is 32.3 Å². The predicted octanol–water partition coefficient (Wildman–Crippen LogP) is 3.80. The average molecular weight is 322 g/mol. The summed E-state index contributed by atoms with van der Waals surface area (Å²) in [5.41, 5.74) is 1.10. The Morgan fingerprint density at radius 2 is 1.79 bits per heavy atom. The molecule has 0 radical (unpaired) electrons. The Morgan fingerprint density at radius 3 is 2.58 bits per heavy atom. The van der Waals surface area contributed by atoms with E-state index < -0.39 is 0 Å². The van der Waals surface area contributed by atoms with Crippen molar-refractivity contribution in [2.45, 2.75) is 19.8 Å². The summed E-state index contributed by atoms with van der Waals surface area (Å²) < 4.78 is 0. The monoisotopic (exact) mass is 322 g/mol. The molecule has 0 N–H and O–H groups in total. The Labute approximate surface area is 144 Å². The molecule has 3 rings (SSSR count). The van der Waals surface area contributed by atoms with Crippen LogP contribution in [0.1, 0.15) is 25.3 Å². The molecule has 0 atom stereocenters.